The van der Waals surface area contributed by atoms with Gasteiger partial charge in [-0.25, -0.2) is 9.97 Å². The number of nitrogens with one attached hydrogen (secondary N) is 3. The molecule has 0 fully saturated rings. The van der Waals surface area contributed by atoms with Gasteiger partial charge in [0.15, 0.2) is 5.96 Å². The summed E-state index contributed by atoms with van der Waals surface area (Å²) in [7, 11) is 1.76. The lowest BCUT2D eigenvalue weighted by atomic mass is 10.1. The maximum Gasteiger partial charge on any atom is 0.226 e. The fourth-order valence-corrected chi connectivity index (χ4v) is 3.20. The van der Waals surface area contributed by atoms with Crippen molar-refractivity contribution in [2.24, 2.45) is 4.99 Å². The number of nitrogens with zero attached hydrogens (tertiary/aromatic N) is 3. The van der Waals surface area contributed by atoms with Crippen LogP contribution in [0, 0.1) is 6.92 Å². The first kappa shape index (κ1) is 22.8. The summed E-state index contributed by atoms with van der Waals surface area (Å²) in [5.41, 5.74) is 5.10. The molecule has 31 heavy (non-hydrogen) atoms. The zero-order valence-electron chi connectivity index (χ0n) is 17.7. The van der Waals surface area contributed by atoms with Crippen molar-refractivity contribution in [3.05, 3.63) is 71.9 Å². The van der Waals surface area contributed by atoms with Gasteiger partial charge in [0.25, 0.3) is 0 Å². The molecule has 7 nitrogen and oxygen atoms in total. The van der Waals surface area contributed by atoms with E-state index in [-0.39, 0.29) is 24.0 Å². The molecule has 0 radical (unpaired) electrons. The lowest BCUT2D eigenvalue weighted by Crippen LogP contribution is -2.37. The van der Waals surface area contributed by atoms with Gasteiger partial charge in [-0.05, 0) is 37.6 Å². The van der Waals surface area contributed by atoms with Crippen molar-refractivity contribution in [2.75, 3.05) is 13.6 Å². The number of rotatable bonds is 7. The molecule has 2 aromatic carbocycles. The van der Waals surface area contributed by atoms with Crippen LogP contribution < -0.4 is 10.6 Å². The highest BCUT2D eigenvalue weighted by Crippen LogP contribution is 2.19. The smallest absolute Gasteiger partial charge is 0.226 e. The summed E-state index contributed by atoms with van der Waals surface area (Å²) in [6.45, 7) is 3.40. The summed E-state index contributed by atoms with van der Waals surface area (Å²) in [5, 5.41) is 6.60. The fourth-order valence-electron chi connectivity index (χ4n) is 3.20. The number of imidazole rings is 1. The van der Waals surface area contributed by atoms with Crippen molar-refractivity contribution in [3.63, 3.8) is 0 Å². The molecule has 0 atom stereocenters. The molecule has 0 aliphatic heterocycles. The Morgan fingerprint density at radius 1 is 1.06 bits per heavy atom. The van der Waals surface area contributed by atoms with Crippen LogP contribution in [0.15, 0.2) is 64.2 Å². The molecule has 4 aromatic rings. The minimum atomic E-state index is 0. The molecule has 3 N–H and O–H groups in total. The van der Waals surface area contributed by atoms with Gasteiger partial charge < -0.3 is 20.0 Å². The number of aliphatic imine (C=N–C) groups is 1. The summed E-state index contributed by atoms with van der Waals surface area (Å²) >= 11 is 0. The molecule has 0 aliphatic rings. The SMILES string of the molecule is CN=C(NCCCc1nc2ccccc2[nH]1)NCc1coc(-c2ccc(C)cc2)n1.I. The Hall–Kier alpha value is -2.88. The molecular weight excluding hydrogens is 503 g/mol. The van der Waals surface area contributed by atoms with Crippen molar-refractivity contribution >= 4 is 41.0 Å². The van der Waals surface area contributed by atoms with Crippen LogP contribution in [0.5, 0.6) is 0 Å². The van der Waals surface area contributed by atoms with Crippen LogP contribution in [0.1, 0.15) is 23.5 Å². The first-order chi connectivity index (χ1) is 14.7. The fraction of sp³-hybridized carbons (Fsp3) is 0.261. The number of H-pyrrole nitrogens is 1. The van der Waals surface area contributed by atoms with Gasteiger partial charge in [0.05, 0.1) is 23.3 Å². The third-order valence-electron chi connectivity index (χ3n) is 4.83. The zero-order chi connectivity index (χ0) is 20.8. The summed E-state index contributed by atoms with van der Waals surface area (Å²) in [5.74, 6) is 2.37. The van der Waals surface area contributed by atoms with Crippen LogP contribution in [-0.2, 0) is 13.0 Å². The number of hydrogen-bond acceptors (Lipinski definition) is 4. The molecule has 162 valence electrons. The number of oxazole rings is 1. The number of benzene rings is 2. The van der Waals surface area contributed by atoms with E-state index in [0.717, 1.165) is 53.5 Å². The molecule has 0 unspecified atom stereocenters. The van der Waals surface area contributed by atoms with E-state index in [1.165, 1.54) is 5.56 Å². The Kier molecular flexibility index (Phi) is 8.05. The Morgan fingerprint density at radius 2 is 1.87 bits per heavy atom. The normalized spacial score (nSPS) is 11.4. The van der Waals surface area contributed by atoms with Crippen molar-refractivity contribution < 1.29 is 4.42 Å². The van der Waals surface area contributed by atoms with E-state index < -0.39 is 0 Å². The standard InChI is InChI=1S/C23H26N6O.HI/c1-16-9-11-17(12-10-16)22-27-18(15-30-22)14-26-23(24-2)25-13-5-8-21-28-19-6-3-4-7-20(19)29-21;/h3-4,6-7,9-12,15H,5,8,13-14H2,1-2H3,(H,28,29)(H2,24,25,26);1H. The number of aromatic amines is 1. The van der Waals surface area contributed by atoms with Crippen molar-refractivity contribution in [1.29, 1.82) is 0 Å². The summed E-state index contributed by atoms with van der Waals surface area (Å²) < 4.78 is 5.61. The van der Waals surface area contributed by atoms with Gasteiger partial charge in [0.2, 0.25) is 5.89 Å². The van der Waals surface area contributed by atoms with Crippen LogP contribution in [-0.4, -0.2) is 34.5 Å². The first-order valence-electron chi connectivity index (χ1n) is 10.1. The van der Waals surface area contributed by atoms with Gasteiger partial charge in [0.1, 0.15) is 12.1 Å². The number of para-hydroxylation sites is 2. The maximum absolute atomic E-state index is 5.61. The highest BCUT2D eigenvalue weighted by molar-refractivity contribution is 14.0. The Labute approximate surface area is 198 Å². The number of aryl methyl sites for hydroxylation is 2. The molecular formula is C23H27IN6O. The molecule has 0 aliphatic carbocycles. The number of halogens is 1. The number of guanidine groups is 1. The average Bonchev–Trinajstić information content (AvgIpc) is 3.40. The Morgan fingerprint density at radius 3 is 2.65 bits per heavy atom. The highest BCUT2D eigenvalue weighted by atomic mass is 127. The topological polar surface area (TPSA) is 91.1 Å². The lowest BCUT2D eigenvalue weighted by Gasteiger charge is -2.10. The van der Waals surface area contributed by atoms with Crippen molar-refractivity contribution in [3.8, 4) is 11.5 Å². The number of hydrogen-bond donors (Lipinski definition) is 3. The summed E-state index contributed by atoms with van der Waals surface area (Å²) in [6, 6.07) is 16.2. The van der Waals surface area contributed by atoms with E-state index in [2.05, 4.69) is 49.6 Å². The second-order valence-corrected chi connectivity index (χ2v) is 7.17. The van der Waals surface area contributed by atoms with Crippen LogP contribution in [0.25, 0.3) is 22.5 Å². The second-order valence-electron chi connectivity index (χ2n) is 7.17. The van der Waals surface area contributed by atoms with Crippen LogP contribution >= 0.6 is 24.0 Å². The molecule has 0 spiro atoms. The molecule has 0 bridgehead atoms. The quantitative estimate of drug-likeness (QED) is 0.142. The van der Waals surface area contributed by atoms with Crippen LogP contribution in [0.4, 0.5) is 0 Å². The molecule has 0 saturated heterocycles. The van der Waals surface area contributed by atoms with Crippen molar-refractivity contribution in [2.45, 2.75) is 26.3 Å². The molecule has 2 heterocycles. The number of fused-ring (bicyclic) bond motifs is 1. The lowest BCUT2D eigenvalue weighted by molar-refractivity contribution is 0.572. The molecule has 4 rings (SSSR count). The highest BCUT2D eigenvalue weighted by Gasteiger charge is 2.07. The predicted octanol–water partition coefficient (Wildman–Crippen LogP) is 4.44. The van der Waals surface area contributed by atoms with Gasteiger partial charge in [-0.3, -0.25) is 4.99 Å². The average molecular weight is 530 g/mol. The van der Waals surface area contributed by atoms with E-state index >= 15 is 0 Å². The van der Waals surface area contributed by atoms with Crippen LogP contribution in [0.3, 0.4) is 0 Å². The van der Waals surface area contributed by atoms with Gasteiger partial charge in [-0.1, -0.05) is 29.8 Å². The van der Waals surface area contributed by atoms with Crippen molar-refractivity contribution in [1.82, 2.24) is 25.6 Å². The van der Waals surface area contributed by atoms with E-state index in [1.54, 1.807) is 13.3 Å². The molecule has 0 amide bonds. The van der Waals surface area contributed by atoms with Crippen LogP contribution in [0.2, 0.25) is 0 Å². The molecule has 2 aromatic heterocycles. The maximum atomic E-state index is 5.61. The van der Waals surface area contributed by atoms with E-state index in [1.807, 2.05) is 36.4 Å². The van der Waals surface area contributed by atoms with E-state index in [9.17, 15) is 0 Å². The largest absolute Gasteiger partial charge is 0.444 e. The second kappa shape index (κ2) is 10.9. The monoisotopic (exact) mass is 530 g/mol. The number of aromatic nitrogens is 3. The van der Waals surface area contributed by atoms with Gasteiger partial charge >= 0.3 is 0 Å². The van der Waals surface area contributed by atoms with E-state index in [4.69, 9.17) is 4.42 Å². The summed E-state index contributed by atoms with van der Waals surface area (Å²) in [4.78, 5) is 16.8. The Bertz CT molecular complexity index is 1100. The summed E-state index contributed by atoms with van der Waals surface area (Å²) in [6.07, 6.45) is 3.50. The zero-order valence-corrected chi connectivity index (χ0v) is 20.0. The van der Waals surface area contributed by atoms with E-state index in [0.29, 0.717) is 12.4 Å². The van der Waals surface area contributed by atoms with Gasteiger partial charge in [-0.15, -0.1) is 24.0 Å². The minimum Gasteiger partial charge on any atom is -0.444 e. The predicted molar refractivity (Wildman–Crippen MR) is 135 cm³/mol. The minimum absolute atomic E-state index is 0. The first-order valence-corrected chi connectivity index (χ1v) is 10.1. The third-order valence-corrected chi connectivity index (χ3v) is 4.83. The Balaban J connectivity index is 0.00000272. The van der Waals surface area contributed by atoms with Gasteiger partial charge in [0, 0.05) is 25.6 Å². The van der Waals surface area contributed by atoms with Gasteiger partial charge in [-0.2, -0.15) is 0 Å². The third kappa shape index (κ3) is 6.06. The molecule has 8 heteroatoms. The molecule has 0 saturated carbocycles.